The minimum atomic E-state index is -0.957. The lowest BCUT2D eigenvalue weighted by molar-refractivity contribution is -0.148. The third-order valence-electron chi connectivity index (χ3n) is 4.28. The fourth-order valence-electron chi connectivity index (χ4n) is 3.24. The predicted molar refractivity (Wildman–Crippen MR) is 82.0 cm³/mol. The summed E-state index contributed by atoms with van der Waals surface area (Å²) in [4.78, 5) is 15.7. The third kappa shape index (κ3) is 3.01. The Labute approximate surface area is 138 Å². The summed E-state index contributed by atoms with van der Waals surface area (Å²) < 4.78 is 33.4. The number of rotatable bonds is 2. The molecular weight excluding hydrogens is 316 g/mol. The number of aliphatic hydroxyl groups excluding tert-OH is 1. The highest BCUT2D eigenvalue weighted by molar-refractivity contribution is 5.66. The molecule has 1 aromatic carbocycles. The van der Waals surface area contributed by atoms with Crippen molar-refractivity contribution in [2.24, 2.45) is 0 Å². The molecule has 24 heavy (non-hydrogen) atoms. The standard InChI is InChI=1S/C18H17F2NO3/c1-10(22)24-18-12(11-4-2-6-14(19)16(11)20)7-8-15(23)17-13(18)5-3-9-21-17/h2-6,9,12,15,18,23H,7-8H2,1H3/t12-,15+,18-/m0/s1. The highest BCUT2D eigenvalue weighted by Gasteiger charge is 2.36. The Kier molecular flexibility index (Phi) is 4.57. The molecule has 0 unspecified atom stereocenters. The van der Waals surface area contributed by atoms with Crippen LogP contribution in [0.2, 0.25) is 0 Å². The number of aromatic nitrogens is 1. The van der Waals surface area contributed by atoms with Gasteiger partial charge in [-0.25, -0.2) is 8.78 Å². The number of aliphatic hydroxyl groups is 1. The summed E-state index contributed by atoms with van der Waals surface area (Å²) in [7, 11) is 0. The Hall–Kier alpha value is -2.34. The molecule has 0 spiro atoms. The van der Waals surface area contributed by atoms with Gasteiger partial charge in [0.1, 0.15) is 6.10 Å². The molecule has 3 atom stereocenters. The van der Waals surface area contributed by atoms with Gasteiger partial charge in [0.2, 0.25) is 0 Å². The van der Waals surface area contributed by atoms with Gasteiger partial charge < -0.3 is 9.84 Å². The smallest absolute Gasteiger partial charge is 0.303 e. The number of carbonyl (C=O) groups is 1. The maximum Gasteiger partial charge on any atom is 0.303 e. The first-order valence-corrected chi connectivity index (χ1v) is 7.73. The van der Waals surface area contributed by atoms with Crippen LogP contribution >= 0.6 is 0 Å². The van der Waals surface area contributed by atoms with Crippen molar-refractivity contribution in [3.8, 4) is 0 Å². The fourth-order valence-corrected chi connectivity index (χ4v) is 3.24. The van der Waals surface area contributed by atoms with Crippen LogP contribution in [-0.4, -0.2) is 16.1 Å². The van der Waals surface area contributed by atoms with Crippen LogP contribution < -0.4 is 0 Å². The lowest BCUT2D eigenvalue weighted by Crippen LogP contribution is -2.18. The molecule has 0 saturated carbocycles. The van der Waals surface area contributed by atoms with Gasteiger partial charge in [0.25, 0.3) is 0 Å². The van der Waals surface area contributed by atoms with Crippen LogP contribution in [0.5, 0.6) is 0 Å². The monoisotopic (exact) mass is 333 g/mol. The Morgan fingerprint density at radius 1 is 1.21 bits per heavy atom. The van der Waals surface area contributed by atoms with Crippen LogP contribution in [0.1, 0.15) is 54.7 Å². The molecule has 0 bridgehead atoms. The van der Waals surface area contributed by atoms with E-state index in [1.165, 1.54) is 25.3 Å². The number of halogens is 2. The predicted octanol–water partition coefficient (Wildman–Crippen LogP) is 3.58. The summed E-state index contributed by atoms with van der Waals surface area (Å²) >= 11 is 0. The summed E-state index contributed by atoms with van der Waals surface area (Å²) in [6, 6.07) is 7.29. The van der Waals surface area contributed by atoms with Crippen molar-refractivity contribution < 1.29 is 23.4 Å². The topological polar surface area (TPSA) is 59.4 Å². The van der Waals surface area contributed by atoms with E-state index in [0.717, 1.165) is 6.07 Å². The van der Waals surface area contributed by atoms with E-state index in [2.05, 4.69) is 4.98 Å². The zero-order valence-corrected chi connectivity index (χ0v) is 13.1. The van der Waals surface area contributed by atoms with Gasteiger partial charge in [0, 0.05) is 24.6 Å². The second kappa shape index (κ2) is 6.65. The maximum atomic E-state index is 14.3. The molecule has 2 aromatic rings. The zero-order valence-electron chi connectivity index (χ0n) is 13.1. The fraction of sp³-hybridized carbons (Fsp3) is 0.333. The summed E-state index contributed by atoms with van der Waals surface area (Å²) in [5.74, 6) is -3.05. The average Bonchev–Trinajstić information content (AvgIpc) is 2.69. The van der Waals surface area contributed by atoms with Crippen LogP contribution in [0.3, 0.4) is 0 Å². The molecule has 0 amide bonds. The molecule has 1 heterocycles. The van der Waals surface area contributed by atoms with E-state index < -0.39 is 35.7 Å². The van der Waals surface area contributed by atoms with Gasteiger partial charge >= 0.3 is 5.97 Å². The van der Waals surface area contributed by atoms with E-state index in [0.29, 0.717) is 24.1 Å². The highest BCUT2D eigenvalue weighted by atomic mass is 19.2. The van der Waals surface area contributed by atoms with E-state index in [-0.39, 0.29) is 5.56 Å². The number of fused-ring (bicyclic) bond motifs is 1. The van der Waals surface area contributed by atoms with E-state index >= 15 is 0 Å². The van der Waals surface area contributed by atoms with Crippen molar-refractivity contribution in [3.63, 3.8) is 0 Å². The van der Waals surface area contributed by atoms with Gasteiger partial charge in [-0.2, -0.15) is 0 Å². The van der Waals surface area contributed by atoms with Gasteiger partial charge in [-0.3, -0.25) is 9.78 Å². The number of benzene rings is 1. The Morgan fingerprint density at radius 3 is 2.71 bits per heavy atom. The Bertz CT molecular complexity index is 766. The molecule has 3 rings (SSSR count). The number of carbonyl (C=O) groups excluding carboxylic acids is 1. The first-order valence-electron chi connectivity index (χ1n) is 7.73. The molecular formula is C18H17F2NO3. The molecule has 1 aliphatic carbocycles. The number of pyridine rings is 1. The van der Waals surface area contributed by atoms with Crippen molar-refractivity contribution in [1.82, 2.24) is 4.98 Å². The molecule has 0 radical (unpaired) electrons. The van der Waals surface area contributed by atoms with Crippen molar-refractivity contribution in [2.45, 2.75) is 37.9 Å². The molecule has 6 heteroatoms. The minimum absolute atomic E-state index is 0.130. The van der Waals surface area contributed by atoms with Gasteiger partial charge in [0.05, 0.1) is 11.8 Å². The summed E-state index contributed by atoms with van der Waals surface area (Å²) in [6.45, 7) is 1.26. The van der Waals surface area contributed by atoms with Crippen LogP contribution in [0.4, 0.5) is 8.78 Å². The van der Waals surface area contributed by atoms with E-state index in [1.807, 2.05) is 0 Å². The highest BCUT2D eigenvalue weighted by Crippen LogP contribution is 2.45. The van der Waals surface area contributed by atoms with Crippen LogP contribution in [0.15, 0.2) is 36.5 Å². The number of hydrogen-bond acceptors (Lipinski definition) is 4. The van der Waals surface area contributed by atoms with E-state index in [9.17, 15) is 18.7 Å². The Balaban J connectivity index is 2.14. The molecule has 1 aromatic heterocycles. The number of nitrogens with zero attached hydrogens (tertiary/aromatic N) is 1. The summed E-state index contributed by atoms with van der Waals surface area (Å²) in [5.41, 5.74) is 1.06. The quantitative estimate of drug-likeness (QED) is 0.674. The second-order valence-electron chi connectivity index (χ2n) is 5.85. The molecule has 1 aliphatic rings. The molecule has 0 fully saturated rings. The van der Waals surface area contributed by atoms with E-state index in [1.54, 1.807) is 12.1 Å². The van der Waals surface area contributed by atoms with Crippen molar-refractivity contribution in [1.29, 1.82) is 0 Å². The second-order valence-corrected chi connectivity index (χ2v) is 5.85. The molecule has 0 aliphatic heterocycles. The number of esters is 1. The van der Waals surface area contributed by atoms with Crippen molar-refractivity contribution in [3.05, 3.63) is 65.0 Å². The first-order chi connectivity index (χ1) is 11.5. The molecule has 126 valence electrons. The Morgan fingerprint density at radius 2 is 1.96 bits per heavy atom. The minimum Gasteiger partial charge on any atom is -0.457 e. The van der Waals surface area contributed by atoms with Gasteiger partial charge in [0.15, 0.2) is 11.6 Å². The lowest BCUT2D eigenvalue weighted by Gasteiger charge is -2.26. The number of hydrogen-bond donors (Lipinski definition) is 1. The summed E-state index contributed by atoms with van der Waals surface area (Å²) in [5, 5.41) is 10.3. The van der Waals surface area contributed by atoms with Crippen LogP contribution in [0, 0.1) is 11.6 Å². The van der Waals surface area contributed by atoms with Gasteiger partial charge in [-0.05, 0) is 30.5 Å². The molecule has 1 N–H and O–H groups in total. The summed E-state index contributed by atoms with van der Waals surface area (Å²) in [6.07, 6.45) is 0.495. The largest absolute Gasteiger partial charge is 0.457 e. The molecule has 0 saturated heterocycles. The van der Waals surface area contributed by atoms with Crippen LogP contribution in [-0.2, 0) is 9.53 Å². The van der Waals surface area contributed by atoms with E-state index in [4.69, 9.17) is 4.74 Å². The first kappa shape index (κ1) is 16.5. The van der Waals surface area contributed by atoms with Crippen molar-refractivity contribution >= 4 is 5.97 Å². The van der Waals surface area contributed by atoms with Crippen LogP contribution in [0.25, 0.3) is 0 Å². The van der Waals surface area contributed by atoms with Gasteiger partial charge in [-0.15, -0.1) is 0 Å². The zero-order chi connectivity index (χ0) is 17.3. The maximum absolute atomic E-state index is 14.3. The normalized spacial score (nSPS) is 23.2. The van der Waals surface area contributed by atoms with Gasteiger partial charge in [-0.1, -0.05) is 18.2 Å². The average molecular weight is 333 g/mol. The lowest BCUT2D eigenvalue weighted by atomic mass is 9.87. The SMILES string of the molecule is CC(=O)O[C@@H]1c2cccnc2[C@H](O)CC[C@H]1c1cccc(F)c1F. The molecule has 4 nitrogen and oxygen atoms in total. The van der Waals surface area contributed by atoms with Crippen molar-refractivity contribution in [2.75, 3.05) is 0 Å². The number of ether oxygens (including phenoxy) is 1. The third-order valence-corrected chi connectivity index (χ3v) is 4.28.